The minimum Gasteiger partial charge on any atom is -0.392 e. The van der Waals surface area contributed by atoms with Crippen LogP contribution < -0.4 is 5.73 Å². The Morgan fingerprint density at radius 2 is 2.31 bits per heavy atom. The summed E-state index contributed by atoms with van der Waals surface area (Å²) in [6.07, 6.45) is 0. The van der Waals surface area contributed by atoms with Gasteiger partial charge in [-0.3, -0.25) is 4.79 Å². The first kappa shape index (κ1) is 10.1. The summed E-state index contributed by atoms with van der Waals surface area (Å²) in [6, 6.07) is 7.39. The zero-order valence-corrected chi connectivity index (χ0v) is 7.88. The number of primary amides is 1. The fourth-order valence-corrected chi connectivity index (χ4v) is 1.61. The van der Waals surface area contributed by atoms with E-state index in [9.17, 15) is 4.79 Å². The number of hydrogen-bond acceptors (Lipinski definition) is 3. The lowest BCUT2D eigenvalue weighted by Crippen LogP contribution is -2.12. The molecule has 1 rings (SSSR count). The molecule has 0 aliphatic rings. The Hall–Kier alpha value is -1.00. The molecular weight excluding hydrogens is 186 g/mol. The van der Waals surface area contributed by atoms with Crippen molar-refractivity contribution < 1.29 is 9.90 Å². The fourth-order valence-electron chi connectivity index (χ4n) is 0.888. The first-order valence-corrected chi connectivity index (χ1v) is 4.82. The second kappa shape index (κ2) is 4.89. The number of amides is 1. The Labute approximate surface area is 80.9 Å². The summed E-state index contributed by atoms with van der Waals surface area (Å²) in [4.78, 5) is 11.4. The molecule has 0 fully saturated rings. The third kappa shape index (κ3) is 3.48. The van der Waals surface area contributed by atoms with E-state index in [2.05, 4.69) is 0 Å². The highest BCUT2D eigenvalue weighted by Gasteiger charge is 1.98. The number of carbonyl (C=O) groups is 1. The van der Waals surface area contributed by atoms with Crippen LogP contribution in [0.1, 0.15) is 5.56 Å². The van der Waals surface area contributed by atoms with E-state index in [4.69, 9.17) is 10.8 Å². The molecule has 0 saturated carbocycles. The number of benzene rings is 1. The number of carbonyl (C=O) groups excluding carboxylic acids is 1. The molecule has 0 heterocycles. The number of aliphatic hydroxyl groups is 1. The molecule has 3 N–H and O–H groups in total. The van der Waals surface area contributed by atoms with Gasteiger partial charge in [0.25, 0.3) is 0 Å². The van der Waals surface area contributed by atoms with Gasteiger partial charge in [0.1, 0.15) is 0 Å². The van der Waals surface area contributed by atoms with Crippen LogP contribution in [-0.4, -0.2) is 16.8 Å². The summed E-state index contributed by atoms with van der Waals surface area (Å²) in [6.45, 7) is 0.0188. The van der Waals surface area contributed by atoms with Crippen molar-refractivity contribution in [3.8, 4) is 0 Å². The van der Waals surface area contributed by atoms with Crippen LogP contribution in [0.2, 0.25) is 0 Å². The van der Waals surface area contributed by atoms with Gasteiger partial charge in [0.05, 0.1) is 12.4 Å². The summed E-state index contributed by atoms with van der Waals surface area (Å²) in [5.74, 6) is -0.0612. The number of aliphatic hydroxyl groups excluding tert-OH is 1. The van der Waals surface area contributed by atoms with Crippen molar-refractivity contribution in [2.24, 2.45) is 5.73 Å². The van der Waals surface area contributed by atoms with E-state index >= 15 is 0 Å². The molecule has 0 aliphatic heterocycles. The molecule has 3 nitrogen and oxygen atoms in total. The zero-order chi connectivity index (χ0) is 9.68. The van der Waals surface area contributed by atoms with Crippen molar-refractivity contribution in [2.75, 3.05) is 5.75 Å². The van der Waals surface area contributed by atoms with Gasteiger partial charge in [0.2, 0.25) is 5.91 Å². The quantitative estimate of drug-likeness (QED) is 0.700. The van der Waals surface area contributed by atoms with Crippen LogP contribution in [0, 0.1) is 0 Å². The van der Waals surface area contributed by atoms with E-state index in [-0.39, 0.29) is 18.3 Å². The van der Waals surface area contributed by atoms with E-state index in [1.807, 2.05) is 24.3 Å². The van der Waals surface area contributed by atoms with Crippen LogP contribution >= 0.6 is 11.8 Å². The fraction of sp³-hybridized carbons (Fsp3) is 0.222. The number of rotatable bonds is 4. The lowest BCUT2D eigenvalue weighted by molar-refractivity contribution is -0.115. The van der Waals surface area contributed by atoms with Gasteiger partial charge >= 0.3 is 0 Å². The SMILES string of the molecule is NC(=O)CSc1cccc(CO)c1. The Morgan fingerprint density at radius 3 is 2.92 bits per heavy atom. The Balaban J connectivity index is 2.61. The van der Waals surface area contributed by atoms with Gasteiger partial charge in [-0.25, -0.2) is 0 Å². The highest BCUT2D eigenvalue weighted by molar-refractivity contribution is 8.00. The van der Waals surface area contributed by atoms with Crippen molar-refractivity contribution in [2.45, 2.75) is 11.5 Å². The van der Waals surface area contributed by atoms with Gasteiger partial charge in [0, 0.05) is 4.90 Å². The average molecular weight is 197 g/mol. The highest BCUT2D eigenvalue weighted by Crippen LogP contribution is 2.18. The maximum atomic E-state index is 10.5. The monoisotopic (exact) mass is 197 g/mol. The molecular formula is C9H11NO2S. The molecule has 0 saturated heterocycles. The first-order chi connectivity index (χ1) is 6.22. The molecule has 0 spiro atoms. The maximum Gasteiger partial charge on any atom is 0.227 e. The Bertz CT molecular complexity index is 301. The van der Waals surface area contributed by atoms with Crippen molar-refractivity contribution in [3.63, 3.8) is 0 Å². The topological polar surface area (TPSA) is 63.3 Å². The van der Waals surface area contributed by atoms with Crippen molar-refractivity contribution in [1.82, 2.24) is 0 Å². The largest absolute Gasteiger partial charge is 0.392 e. The smallest absolute Gasteiger partial charge is 0.227 e. The van der Waals surface area contributed by atoms with Crippen LogP contribution in [0.4, 0.5) is 0 Å². The van der Waals surface area contributed by atoms with Crippen LogP contribution in [-0.2, 0) is 11.4 Å². The van der Waals surface area contributed by atoms with E-state index in [1.54, 1.807) is 0 Å². The number of nitrogens with two attached hydrogens (primary N) is 1. The number of thioether (sulfide) groups is 1. The van der Waals surface area contributed by atoms with E-state index < -0.39 is 0 Å². The van der Waals surface area contributed by atoms with E-state index in [1.165, 1.54) is 11.8 Å². The van der Waals surface area contributed by atoms with Gasteiger partial charge in [-0.05, 0) is 17.7 Å². The van der Waals surface area contributed by atoms with Gasteiger partial charge in [-0.1, -0.05) is 12.1 Å². The molecule has 0 bridgehead atoms. The summed E-state index contributed by atoms with van der Waals surface area (Å²) >= 11 is 1.37. The highest BCUT2D eigenvalue weighted by atomic mass is 32.2. The molecule has 13 heavy (non-hydrogen) atoms. The summed E-state index contributed by atoms with van der Waals surface area (Å²) in [5, 5.41) is 8.84. The standard InChI is InChI=1S/C9H11NO2S/c10-9(12)6-13-8-3-1-2-7(4-8)5-11/h1-4,11H,5-6H2,(H2,10,12). The number of hydrogen-bond donors (Lipinski definition) is 2. The lowest BCUT2D eigenvalue weighted by atomic mass is 10.2. The van der Waals surface area contributed by atoms with E-state index in [0.29, 0.717) is 0 Å². The third-order valence-corrected chi connectivity index (χ3v) is 2.48. The molecule has 0 unspecified atom stereocenters. The van der Waals surface area contributed by atoms with Crippen LogP contribution in [0.5, 0.6) is 0 Å². The van der Waals surface area contributed by atoms with Crippen molar-refractivity contribution >= 4 is 17.7 Å². The Morgan fingerprint density at radius 1 is 1.54 bits per heavy atom. The van der Waals surface area contributed by atoms with Crippen LogP contribution in [0.3, 0.4) is 0 Å². The molecule has 0 atom stereocenters. The van der Waals surface area contributed by atoms with Crippen molar-refractivity contribution in [1.29, 1.82) is 0 Å². The van der Waals surface area contributed by atoms with Crippen LogP contribution in [0.25, 0.3) is 0 Å². The summed E-state index contributed by atoms with van der Waals surface area (Å²) in [5.41, 5.74) is 5.84. The lowest BCUT2D eigenvalue weighted by Gasteiger charge is -2.00. The molecule has 4 heteroatoms. The molecule has 70 valence electrons. The molecule has 1 aromatic carbocycles. The second-order valence-electron chi connectivity index (χ2n) is 2.56. The normalized spacial score (nSPS) is 9.92. The van der Waals surface area contributed by atoms with Gasteiger partial charge in [-0.2, -0.15) is 0 Å². The predicted octanol–water partition coefficient (Wildman–Crippen LogP) is 0.756. The third-order valence-electron chi connectivity index (χ3n) is 1.46. The molecule has 0 aliphatic carbocycles. The van der Waals surface area contributed by atoms with Gasteiger partial charge in [-0.15, -0.1) is 11.8 Å². The summed E-state index contributed by atoms with van der Waals surface area (Å²) < 4.78 is 0. The average Bonchev–Trinajstić information content (AvgIpc) is 2.15. The summed E-state index contributed by atoms with van der Waals surface area (Å²) in [7, 11) is 0. The van der Waals surface area contributed by atoms with Gasteiger partial charge < -0.3 is 10.8 Å². The minimum atomic E-state index is -0.334. The first-order valence-electron chi connectivity index (χ1n) is 3.83. The van der Waals surface area contributed by atoms with Gasteiger partial charge in [0.15, 0.2) is 0 Å². The zero-order valence-electron chi connectivity index (χ0n) is 7.06. The molecule has 1 amide bonds. The second-order valence-corrected chi connectivity index (χ2v) is 3.61. The minimum absolute atomic E-state index is 0.0188. The van der Waals surface area contributed by atoms with E-state index in [0.717, 1.165) is 10.5 Å². The predicted molar refractivity (Wildman–Crippen MR) is 52.3 cm³/mol. The molecule has 0 aromatic heterocycles. The van der Waals surface area contributed by atoms with Crippen molar-refractivity contribution in [3.05, 3.63) is 29.8 Å². The maximum absolute atomic E-state index is 10.5. The molecule has 0 radical (unpaired) electrons. The Kier molecular flexibility index (Phi) is 3.79. The molecule has 1 aromatic rings. The van der Waals surface area contributed by atoms with Crippen LogP contribution in [0.15, 0.2) is 29.2 Å².